The molecule has 0 bridgehead atoms. The highest BCUT2D eigenvalue weighted by molar-refractivity contribution is 6.01. The molecule has 1 amide bonds. The number of phenolic OH excluding ortho intramolecular Hbond substituents is 1. The van der Waals surface area contributed by atoms with Gasteiger partial charge in [-0.25, -0.2) is 5.43 Å². The number of nitrogens with one attached hydrogen (secondary N) is 2. The molecule has 0 aliphatic heterocycles. The Bertz CT molecular complexity index is 1170. The molecule has 0 fully saturated rings. The van der Waals surface area contributed by atoms with Gasteiger partial charge in [0, 0.05) is 5.56 Å². The molecule has 0 aliphatic carbocycles. The minimum atomic E-state index is -0.378. The molecule has 0 unspecified atom stereocenters. The van der Waals surface area contributed by atoms with Gasteiger partial charge < -0.3 is 5.11 Å². The van der Waals surface area contributed by atoms with Crippen LogP contribution >= 0.6 is 0 Å². The number of aromatic hydroxyl groups is 1. The van der Waals surface area contributed by atoms with Gasteiger partial charge in [-0.2, -0.15) is 10.2 Å². The van der Waals surface area contributed by atoms with E-state index in [9.17, 15) is 9.90 Å². The number of amides is 1. The van der Waals surface area contributed by atoms with Crippen LogP contribution in [0.5, 0.6) is 5.75 Å². The first-order chi connectivity index (χ1) is 13.6. The third-order valence-corrected chi connectivity index (χ3v) is 4.50. The number of carbonyl (C=O) groups excluding carboxylic acids is 1. The highest BCUT2D eigenvalue weighted by atomic mass is 16.3. The molecule has 138 valence electrons. The van der Waals surface area contributed by atoms with Crippen molar-refractivity contribution in [1.82, 2.24) is 15.6 Å². The van der Waals surface area contributed by atoms with E-state index in [2.05, 4.69) is 20.7 Å². The van der Waals surface area contributed by atoms with Crippen molar-refractivity contribution in [1.29, 1.82) is 0 Å². The van der Waals surface area contributed by atoms with Crippen molar-refractivity contribution in [2.45, 2.75) is 6.92 Å². The van der Waals surface area contributed by atoms with Crippen molar-refractivity contribution >= 4 is 22.4 Å². The Morgan fingerprint density at radius 2 is 1.79 bits per heavy atom. The van der Waals surface area contributed by atoms with E-state index in [1.54, 1.807) is 37.3 Å². The first-order valence-electron chi connectivity index (χ1n) is 8.79. The highest BCUT2D eigenvalue weighted by Crippen LogP contribution is 2.27. The predicted octanol–water partition coefficient (Wildman–Crippen LogP) is 4.09. The number of benzene rings is 3. The number of hydrogen-bond donors (Lipinski definition) is 3. The number of hydrogen-bond acceptors (Lipinski definition) is 4. The molecule has 6 heteroatoms. The number of rotatable bonds is 4. The van der Waals surface area contributed by atoms with E-state index in [1.807, 2.05) is 42.5 Å². The van der Waals surface area contributed by atoms with Crippen LogP contribution in [0.25, 0.3) is 22.0 Å². The van der Waals surface area contributed by atoms with E-state index in [1.165, 1.54) is 0 Å². The fraction of sp³-hybridized carbons (Fsp3) is 0.0455. The van der Waals surface area contributed by atoms with Crippen molar-refractivity contribution in [2.24, 2.45) is 5.10 Å². The van der Waals surface area contributed by atoms with Crippen molar-refractivity contribution in [3.8, 4) is 17.0 Å². The van der Waals surface area contributed by atoms with Crippen LogP contribution in [0.15, 0.2) is 77.9 Å². The summed E-state index contributed by atoms with van der Waals surface area (Å²) < 4.78 is 0. The van der Waals surface area contributed by atoms with Gasteiger partial charge in [0.1, 0.15) is 11.4 Å². The standard InChI is InChI=1S/C22H18N4O2/c1-14(15-9-11-17(27)12-10-15)23-26-22(28)21-13-20(24-25-21)19-8-4-6-16-5-2-3-7-18(16)19/h2-13,27H,1H3,(H,24,25)(H,26,28). The van der Waals surface area contributed by atoms with Crippen LogP contribution in [0.4, 0.5) is 0 Å². The van der Waals surface area contributed by atoms with Gasteiger partial charge in [0.05, 0.1) is 11.4 Å². The van der Waals surface area contributed by atoms with E-state index in [0.29, 0.717) is 17.1 Å². The number of H-pyrrole nitrogens is 1. The van der Waals surface area contributed by atoms with Crippen LogP contribution in [-0.2, 0) is 0 Å². The largest absolute Gasteiger partial charge is 0.508 e. The van der Waals surface area contributed by atoms with Gasteiger partial charge in [-0.15, -0.1) is 0 Å². The maximum absolute atomic E-state index is 12.4. The maximum atomic E-state index is 12.4. The van der Waals surface area contributed by atoms with E-state index in [0.717, 1.165) is 21.9 Å². The van der Waals surface area contributed by atoms with E-state index in [-0.39, 0.29) is 11.7 Å². The Morgan fingerprint density at radius 1 is 1.04 bits per heavy atom. The summed E-state index contributed by atoms with van der Waals surface area (Å²) in [5, 5.41) is 22.7. The Hall–Kier alpha value is -3.93. The van der Waals surface area contributed by atoms with Gasteiger partial charge in [0.2, 0.25) is 0 Å². The van der Waals surface area contributed by atoms with Crippen molar-refractivity contribution < 1.29 is 9.90 Å². The normalized spacial score (nSPS) is 11.5. The van der Waals surface area contributed by atoms with Gasteiger partial charge >= 0.3 is 0 Å². The quantitative estimate of drug-likeness (QED) is 0.373. The summed E-state index contributed by atoms with van der Waals surface area (Å²) in [5.41, 5.74) is 5.94. The van der Waals surface area contributed by atoms with Gasteiger partial charge in [-0.3, -0.25) is 9.89 Å². The number of aromatic nitrogens is 2. The molecule has 1 aromatic heterocycles. The molecular formula is C22H18N4O2. The summed E-state index contributed by atoms with van der Waals surface area (Å²) >= 11 is 0. The molecule has 4 rings (SSSR count). The summed E-state index contributed by atoms with van der Waals surface area (Å²) in [5.74, 6) is -0.198. The SMILES string of the molecule is CC(=NNC(=O)c1cc(-c2cccc3ccccc23)n[nH]1)c1ccc(O)cc1. The number of nitrogens with zero attached hydrogens (tertiary/aromatic N) is 2. The van der Waals surface area contributed by atoms with Gasteiger partial charge in [0.15, 0.2) is 0 Å². The zero-order chi connectivity index (χ0) is 19.5. The lowest BCUT2D eigenvalue weighted by Crippen LogP contribution is -2.19. The molecule has 0 atom stereocenters. The Labute approximate surface area is 161 Å². The second-order valence-electron chi connectivity index (χ2n) is 6.38. The molecule has 0 radical (unpaired) electrons. The van der Waals surface area contributed by atoms with Crippen LogP contribution in [0, 0.1) is 0 Å². The van der Waals surface area contributed by atoms with Crippen LogP contribution in [-0.4, -0.2) is 26.9 Å². The zero-order valence-electron chi connectivity index (χ0n) is 15.2. The average molecular weight is 370 g/mol. The molecule has 3 N–H and O–H groups in total. The van der Waals surface area contributed by atoms with Crippen LogP contribution in [0.3, 0.4) is 0 Å². The van der Waals surface area contributed by atoms with Crippen LogP contribution in [0.2, 0.25) is 0 Å². The number of fused-ring (bicyclic) bond motifs is 1. The number of aromatic amines is 1. The molecule has 0 spiro atoms. The monoisotopic (exact) mass is 370 g/mol. The minimum absolute atomic E-state index is 0.180. The lowest BCUT2D eigenvalue weighted by Gasteiger charge is -2.03. The number of hydrazone groups is 1. The van der Waals surface area contributed by atoms with Crippen molar-refractivity contribution in [3.63, 3.8) is 0 Å². The molecule has 4 aromatic rings. The van der Waals surface area contributed by atoms with E-state index >= 15 is 0 Å². The van der Waals surface area contributed by atoms with Crippen molar-refractivity contribution in [2.75, 3.05) is 0 Å². The Morgan fingerprint density at radius 3 is 2.61 bits per heavy atom. The average Bonchev–Trinajstić information content (AvgIpc) is 3.22. The molecule has 3 aromatic carbocycles. The topological polar surface area (TPSA) is 90.4 Å². The highest BCUT2D eigenvalue weighted by Gasteiger charge is 2.12. The summed E-state index contributed by atoms with van der Waals surface area (Å²) in [6.07, 6.45) is 0. The van der Waals surface area contributed by atoms with Crippen molar-refractivity contribution in [3.05, 3.63) is 84.1 Å². The predicted molar refractivity (Wildman–Crippen MR) is 109 cm³/mol. The first-order valence-corrected chi connectivity index (χ1v) is 8.79. The molecule has 1 heterocycles. The van der Waals surface area contributed by atoms with Gasteiger partial charge in [-0.1, -0.05) is 42.5 Å². The summed E-state index contributed by atoms with van der Waals surface area (Å²) in [6.45, 7) is 1.78. The minimum Gasteiger partial charge on any atom is -0.508 e. The van der Waals surface area contributed by atoms with Gasteiger partial charge in [-0.05, 0) is 53.6 Å². The van der Waals surface area contributed by atoms with E-state index < -0.39 is 0 Å². The number of phenols is 1. The third-order valence-electron chi connectivity index (χ3n) is 4.50. The molecule has 28 heavy (non-hydrogen) atoms. The zero-order valence-corrected chi connectivity index (χ0v) is 15.2. The second kappa shape index (κ2) is 7.36. The van der Waals surface area contributed by atoms with E-state index in [4.69, 9.17) is 0 Å². The lowest BCUT2D eigenvalue weighted by molar-refractivity contribution is 0.0950. The second-order valence-corrected chi connectivity index (χ2v) is 6.38. The molecule has 6 nitrogen and oxygen atoms in total. The smallest absolute Gasteiger partial charge is 0.289 e. The maximum Gasteiger partial charge on any atom is 0.289 e. The summed E-state index contributed by atoms with van der Waals surface area (Å²) in [7, 11) is 0. The van der Waals surface area contributed by atoms with Crippen LogP contribution in [0.1, 0.15) is 23.0 Å². The lowest BCUT2D eigenvalue weighted by atomic mass is 10.0. The summed E-state index contributed by atoms with van der Waals surface area (Å²) in [4.78, 5) is 12.4. The summed E-state index contributed by atoms with van der Waals surface area (Å²) in [6, 6.07) is 22.3. The Balaban J connectivity index is 1.54. The molecule has 0 aliphatic rings. The third kappa shape index (κ3) is 3.48. The first kappa shape index (κ1) is 17.5. The fourth-order valence-electron chi connectivity index (χ4n) is 2.99. The fourth-order valence-corrected chi connectivity index (χ4v) is 2.99. The number of carbonyl (C=O) groups is 1. The molecule has 0 saturated heterocycles. The van der Waals surface area contributed by atoms with Gasteiger partial charge in [0.25, 0.3) is 5.91 Å². The Kier molecular flexibility index (Phi) is 4.60. The molecular weight excluding hydrogens is 352 g/mol. The van der Waals surface area contributed by atoms with Crippen LogP contribution < -0.4 is 5.43 Å². The molecule has 0 saturated carbocycles.